The van der Waals surface area contributed by atoms with Crippen LogP contribution < -0.4 is 5.32 Å². The van der Waals surface area contributed by atoms with Gasteiger partial charge in [-0.1, -0.05) is 49.5 Å². The number of hydrogen-bond acceptors (Lipinski definition) is 3. The molecule has 3 nitrogen and oxygen atoms in total. The van der Waals surface area contributed by atoms with Crippen molar-refractivity contribution in [2.24, 2.45) is 5.92 Å². The Hall–Kier alpha value is 0.300. The molecule has 0 radical (unpaired) electrons. The van der Waals surface area contributed by atoms with Gasteiger partial charge in [0.1, 0.15) is 0 Å². The van der Waals surface area contributed by atoms with Gasteiger partial charge in [0.05, 0.1) is 10.0 Å². The first-order valence-corrected chi connectivity index (χ1v) is 13.2. The van der Waals surface area contributed by atoms with Crippen LogP contribution in [0.1, 0.15) is 64.5 Å². The van der Waals surface area contributed by atoms with E-state index in [-0.39, 0.29) is 6.04 Å². The fourth-order valence-electron chi connectivity index (χ4n) is 3.47. The van der Waals surface area contributed by atoms with Crippen molar-refractivity contribution < 1.29 is 9.46 Å². The predicted octanol–water partition coefficient (Wildman–Crippen LogP) is 6.82. The molecular weight excluding hydrogens is 420 g/mol. The minimum absolute atomic E-state index is 0.121. The quantitative estimate of drug-likeness (QED) is 0.230. The highest BCUT2D eigenvalue weighted by Crippen LogP contribution is 2.46. The average molecular weight is 454 g/mol. The topological polar surface area (TPSA) is 49.3 Å². The van der Waals surface area contributed by atoms with E-state index >= 15 is 0 Å². The molecule has 0 amide bonds. The SMILES string of the molecule is CC.C[C@H](NCCCP(=O)(O)CC1CCCC(S)C1)c1ccc(Cl)c(Cl)c1. The zero-order valence-corrected chi connectivity index (χ0v) is 19.9. The molecule has 4 atom stereocenters. The van der Waals surface area contributed by atoms with Crippen LogP contribution >= 0.6 is 43.2 Å². The Morgan fingerprint density at radius 3 is 2.63 bits per heavy atom. The zero-order valence-electron chi connectivity index (χ0n) is 16.6. The van der Waals surface area contributed by atoms with Gasteiger partial charge in [-0.2, -0.15) is 12.6 Å². The number of benzene rings is 1. The van der Waals surface area contributed by atoms with Crippen LogP contribution in [0.25, 0.3) is 0 Å². The molecule has 27 heavy (non-hydrogen) atoms. The molecule has 0 aromatic heterocycles. The van der Waals surface area contributed by atoms with Gasteiger partial charge in [0.15, 0.2) is 0 Å². The third kappa shape index (κ3) is 9.56. The van der Waals surface area contributed by atoms with Crippen LogP contribution in [0, 0.1) is 5.92 Å². The van der Waals surface area contributed by atoms with Crippen LogP contribution in [0.2, 0.25) is 10.0 Å². The van der Waals surface area contributed by atoms with Gasteiger partial charge in [0, 0.05) is 23.6 Å². The molecule has 1 aromatic carbocycles. The van der Waals surface area contributed by atoms with Gasteiger partial charge in [-0.25, -0.2) is 0 Å². The largest absolute Gasteiger partial charge is 0.344 e. The predicted molar refractivity (Wildman–Crippen MR) is 123 cm³/mol. The molecule has 1 aromatic rings. The van der Waals surface area contributed by atoms with E-state index in [1.54, 1.807) is 6.07 Å². The Labute approximate surface area is 180 Å². The second kappa shape index (κ2) is 12.8. The number of hydrogen-bond donors (Lipinski definition) is 3. The summed E-state index contributed by atoms with van der Waals surface area (Å²) in [5.41, 5.74) is 1.06. The lowest BCUT2D eigenvalue weighted by atomic mass is 9.90. The van der Waals surface area contributed by atoms with Crippen molar-refractivity contribution in [1.82, 2.24) is 5.32 Å². The van der Waals surface area contributed by atoms with Gasteiger partial charge in [-0.3, -0.25) is 4.57 Å². The van der Waals surface area contributed by atoms with E-state index in [0.717, 1.165) is 31.2 Å². The summed E-state index contributed by atoms with van der Waals surface area (Å²) < 4.78 is 12.5. The molecule has 0 spiro atoms. The molecule has 156 valence electrons. The van der Waals surface area contributed by atoms with Crippen molar-refractivity contribution in [3.63, 3.8) is 0 Å². The average Bonchev–Trinajstić information content (AvgIpc) is 2.62. The normalized spacial score (nSPS) is 23.1. The zero-order chi connectivity index (χ0) is 20.4. The maximum absolute atomic E-state index is 12.5. The molecule has 0 bridgehead atoms. The van der Waals surface area contributed by atoms with E-state index in [2.05, 4.69) is 17.9 Å². The van der Waals surface area contributed by atoms with Gasteiger partial charge in [-0.15, -0.1) is 0 Å². The molecule has 3 unspecified atom stereocenters. The fraction of sp³-hybridized carbons (Fsp3) is 0.700. The highest BCUT2D eigenvalue weighted by atomic mass is 35.5. The van der Waals surface area contributed by atoms with Crippen molar-refractivity contribution in [3.05, 3.63) is 33.8 Å². The molecule has 0 aliphatic heterocycles. The van der Waals surface area contributed by atoms with Crippen molar-refractivity contribution in [3.8, 4) is 0 Å². The van der Waals surface area contributed by atoms with Gasteiger partial charge in [-0.05, 0) is 62.8 Å². The maximum Gasteiger partial charge on any atom is 0.200 e. The number of nitrogens with one attached hydrogen (secondary N) is 1. The van der Waals surface area contributed by atoms with E-state index in [0.29, 0.717) is 46.5 Å². The standard InChI is InChI=1S/C18H28Cl2NO2PS.C2H6/c1-13(15-6-7-17(19)18(20)11-15)21-8-3-9-24(22,23)12-14-4-2-5-16(25)10-14;1-2/h6-7,11,13-14,16,21,25H,2-5,8-10,12H2,1H3,(H,22,23);1-2H3/t13-,14?,16?;/m0./s1. The van der Waals surface area contributed by atoms with E-state index in [1.165, 1.54) is 0 Å². The highest BCUT2D eigenvalue weighted by molar-refractivity contribution is 7.80. The van der Waals surface area contributed by atoms with E-state index in [1.807, 2.05) is 32.9 Å². The van der Waals surface area contributed by atoms with Crippen LogP contribution in [0.4, 0.5) is 0 Å². The van der Waals surface area contributed by atoms with Gasteiger partial charge >= 0.3 is 0 Å². The van der Waals surface area contributed by atoms with Crippen molar-refractivity contribution in [2.45, 2.75) is 64.2 Å². The molecule has 2 N–H and O–H groups in total. The van der Waals surface area contributed by atoms with Gasteiger partial charge in [0.25, 0.3) is 0 Å². The summed E-state index contributed by atoms with van der Waals surface area (Å²) in [6.45, 7) is 6.75. The highest BCUT2D eigenvalue weighted by Gasteiger charge is 2.27. The minimum atomic E-state index is -3.05. The third-order valence-electron chi connectivity index (χ3n) is 4.88. The monoisotopic (exact) mass is 453 g/mol. The Balaban J connectivity index is 0.00000176. The summed E-state index contributed by atoms with van der Waals surface area (Å²) in [4.78, 5) is 10.3. The molecule has 2 rings (SSSR count). The Morgan fingerprint density at radius 1 is 1.30 bits per heavy atom. The van der Waals surface area contributed by atoms with Gasteiger partial charge in [0.2, 0.25) is 7.37 Å². The van der Waals surface area contributed by atoms with Crippen molar-refractivity contribution in [1.29, 1.82) is 0 Å². The lowest BCUT2D eigenvalue weighted by Crippen LogP contribution is -2.22. The molecule has 1 fully saturated rings. The number of thiol groups is 1. The summed E-state index contributed by atoms with van der Waals surface area (Å²) in [7, 11) is -3.05. The second-order valence-electron chi connectivity index (χ2n) is 7.14. The Kier molecular flexibility index (Phi) is 12.0. The van der Waals surface area contributed by atoms with Crippen LogP contribution in [0.15, 0.2) is 18.2 Å². The van der Waals surface area contributed by atoms with E-state index in [9.17, 15) is 9.46 Å². The Bertz CT molecular complexity index is 618. The second-order valence-corrected chi connectivity index (χ2v) is 11.2. The van der Waals surface area contributed by atoms with E-state index < -0.39 is 7.37 Å². The lowest BCUT2D eigenvalue weighted by Gasteiger charge is -2.27. The van der Waals surface area contributed by atoms with Crippen LogP contribution in [0.3, 0.4) is 0 Å². The van der Waals surface area contributed by atoms with E-state index in [4.69, 9.17) is 23.2 Å². The molecule has 1 aliphatic carbocycles. The molecule has 0 saturated heterocycles. The summed E-state index contributed by atoms with van der Waals surface area (Å²) >= 11 is 16.5. The van der Waals surface area contributed by atoms with Crippen LogP contribution in [0.5, 0.6) is 0 Å². The summed E-state index contributed by atoms with van der Waals surface area (Å²) in [5.74, 6) is 0.357. The lowest BCUT2D eigenvalue weighted by molar-refractivity contribution is 0.380. The Morgan fingerprint density at radius 2 is 2.00 bits per heavy atom. The molecule has 1 aliphatic rings. The molecular formula is C20H34Cl2NO2PS. The summed E-state index contributed by atoms with van der Waals surface area (Å²) in [6, 6.07) is 5.71. The first-order valence-electron chi connectivity index (χ1n) is 9.94. The van der Waals surface area contributed by atoms with Crippen molar-refractivity contribution in [2.75, 3.05) is 18.9 Å². The molecule has 0 heterocycles. The summed E-state index contributed by atoms with van der Waals surface area (Å²) in [5, 5.41) is 4.87. The van der Waals surface area contributed by atoms with Crippen molar-refractivity contribution >= 4 is 43.2 Å². The molecule has 1 saturated carbocycles. The number of halogens is 2. The van der Waals surface area contributed by atoms with Crippen LogP contribution in [-0.2, 0) is 4.57 Å². The smallest absolute Gasteiger partial charge is 0.200 e. The number of rotatable bonds is 8. The van der Waals surface area contributed by atoms with Crippen LogP contribution in [-0.4, -0.2) is 29.0 Å². The first-order chi connectivity index (χ1) is 12.8. The summed E-state index contributed by atoms with van der Waals surface area (Å²) in [6.07, 6.45) is 5.81. The molecule has 7 heteroatoms. The minimum Gasteiger partial charge on any atom is -0.344 e. The van der Waals surface area contributed by atoms with Gasteiger partial charge < -0.3 is 10.2 Å². The first kappa shape index (κ1) is 25.3. The maximum atomic E-state index is 12.5. The third-order valence-corrected chi connectivity index (χ3v) is 8.19. The fourth-order valence-corrected chi connectivity index (χ4v) is 6.23.